The van der Waals surface area contributed by atoms with Crippen molar-refractivity contribution in [3.8, 4) is 0 Å². The summed E-state index contributed by atoms with van der Waals surface area (Å²) in [5.74, 6) is 0. The standard InChI is InChI=1S/C72H52N2S4/c1-71(2,3)57-39-59(73(41-23-31-65-53(35-41)45-15-7-11-19-61(45)75-65)42-24-32-66-54(36-42)46-16-8-12-20-62(46)76-66)51-30-28-50-58(72(4,5)6)40-60(52-29-27-49(57)69(51)70(50)52)74(43-25-33-67-55(37-43)47-17-9-13-21-63(47)77-67)44-26-34-68-56(38-44)48-18-10-14-22-64(48)78-68/h7-40H,1-6H3. The van der Waals surface area contributed by atoms with Crippen molar-refractivity contribution in [3.63, 3.8) is 0 Å². The molecule has 0 aliphatic carbocycles. The predicted molar refractivity (Wildman–Crippen MR) is 348 cm³/mol. The van der Waals surface area contributed by atoms with Gasteiger partial charge in [0.05, 0.1) is 11.4 Å². The smallest absolute Gasteiger partial charge is 0.0543 e. The summed E-state index contributed by atoms with van der Waals surface area (Å²) >= 11 is 7.51. The lowest BCUT2D eigenvalue weighted by molar-refractivity contribution is 0.595. The van der Waals surface area contributed by atoms with Crippen LogP contribution in [0.3, 0.4) is 0 Å². The van der Waals surface area contributed by atoms with E-state index in [-0.39, 0.29) is 10.8 Å². The molecule has 78 heavy (non-hydrogen) atoms. The highest BCUT2D eigenvalue weighted by Crippen LogP contribution is 2.54. The van der Waals surface area contributed by atoms with Gasteiger partial charge < -0.3 is 9.80 Å². The molecule has 0 fully saturated rings. The van der Waals surface area contributed by atoms with Crippen LogP contribution in [0.25, 0.3) is 113 Å². The molecule has 2 nitrogen and oxygen atoms in total. The molecule has 0 saturated heterocycles. The maximum atomic E-state index is 2.58. The van der Waals surface area contributed by atoms with Gasteiger partial charge in [-0.1, -0.05) is 139 Å². The van der Waals surface area contributed by atoms with Crippen LogP contribution in [-0.4, -0.2) is 0 Å². The Hall–Kier alpha value is -7.84. The van der Waals surface area contributed by atoms with Gasteiger partial charge in [-0.15, -0.1) is 45.3 Å². The maximum absolute atomic E-state index is 2.58. The summed E-state index contributed by atoms with van der Waals surface area (Å²) in [6.45, 7) is 14.3. The van der Waals surface area contributed by atoms with Gasteiger partial charge in [0.2, 0.25) is 0 Å². The summed E-state index contributed by atoms with van der Waals surface area (Å²) in [6.07, 6.45) is 0. The van der Waals surface area contributed by atoms with E-state index < -0.39 is 0 Å². The van der Waals surface area contributed by atoms with E-state index in [9.17, 15) is 0 Å². The Kier molecular flexibility index (Phi) is 9.99. The van der Waals surface area contributed by atoms with Crippen LogP contribution in [0.15, 0.2) is 206 Å². The quantitative estimate of drug-likeness (QED) is 0.153. The highest BCUT2D eigenvalue weighted by molar-refractivity contribution is 7.27. The molecule has 0 bridgehead atoms. The van der Waals surface area contributed by atoms with E-state index in [4.69, 9.17) is 0 Å². The Morgan fingerprint density at radius 2 is 0.500 bits per heavy atom. The number of fused-ring (bicyclic) bond motifs is 12. The largest absolute Gasteiger partial charge is 0.310 e. The highest BCUT2D eigenvalue weighted by atomic mass is 32.1. The second-order valence-electron chi connectivity index (χ2n) is 23.2. The molecule has 0 spiro atoms. The third-order valence-electron chi connectivity index (χ3n) is 16.4. The van der Waals surface area contributed by atoms with Gasteiger partial charge in [0, 0.05) is 114 Å². The monoisotopic (exact) mass is 1070 g/mol. The fourth-order valence-corrected chi connectivity index (χ4v) is 17.2. The van der Waals surface area contributed by atoms with E-state index in [1.54, 1.807) is 0 Å². The van der Waals surface area contributed by atoms with E-state index in [1.165, 1.54) is 136 Å². The van der Waals surface area contributed by atoms with Crippen LogP contribution in [0.2, 0.25) is 0 Å². The first kappa shape index (κ1) is 46.3. The predicted octanol–water partition coefficient (Wildman–Crippen LogP) is 23.6. The molecule has 4 heterocycles. The molecule has 0 atom stereocenters. The van der Waals surface area contributed by atoms with Crippen LogP contribution in [-0.2, 0) is 10.8 Å². The molecule has 0 amide bonds. The minimum absolute atomic E-state index is 0.192. The molecule has 0 radical (unpaired) electrons. The maximum Gasteiger partial charge on any atom is 0.0543 e. The molecular formula is C72H52N2S4. The average molecular weight is 1070 g/mol. The van der Waals surface area contributed by atoms with Crippen LogP contribution in [0, 0.1) is 0 Å². The molecule has 0 saturated carbocycles. The Balaban J connectivity index is 1.02. The average Bonchev–Trinajstić information content (AvgIpc) is 4.05. The van der Waals surface area contributed by atoms with Crippen molar-refractivity contribution in [1.82, 2.24) is 0 Å². The van der Waals surface area contributed by atoms with Crippen LogP contribution >= 0.6 is 45.3 Å². The summed E-state index contributed by atoms with van der Waals surface area (Å²) < 4.78 is 10.4. The van der Waals surface area contributed by atoms with Crippen molar-refractivity contribution in [3.05, 3.63) is 217 Å². The zero-order chi connectivity index (χ0) is 52.3. The lowest BCUT2D eigenvalue weighted by atomic mass is 9.77. The Morgan fingerprint density at radius 3 is 0.782 bits per heavy atom. The third kappa shape index (κ3) is 6.96. The summed E-state index contributed by atoms with van der Waals surface area (Å²) in [4.78, 5) is 5.16. The fraction of sp³-hybridized carbons (Fsp3) is 0.111. The SMILES string of the molecule is CC(C)(C)c1cc(N(c2ccc3sc4ccccc4c3c2)c2ccc3sc4ccccc4c3c2)c2ccc3c(C(C)(C)C)cc(N(c4ccc5sc6ccccc6c5c4)c4ccc5sc6ccccc6c5c4)c4ccc1c2c43. The molecule has 6 heteroatoms. The summed E-state index contributed by atoms with van der Waals surface area (Å²) in [7, 11) is 0. The number of hydrogen-bond donors (Lipinski definition) is 0. The van der Waals surface area contributed by atoms with Gasteiger partial charge in [0.15, 0.2) is 0 Å². The van der Waals surface area contributed by atoms with E-state index in [0.717, 1.165) is 22.7 Å². The van der Waals surface area contributed by atoms with Crippen molar-refractivity contribution < 1.29 is 0 Å². The van der Waals surface area contributed by atoms with Crippen molar-refractivity contribution >= 4 is 192 Å². The molecule has 16 aromatic rings. The minimum Gasteiger partial charge on any atom is -0.310 e. The van der Waals surface area contributed by atoms with E-state index >= 15 is 0 Å². The van der Waals surface area contributed by atoms with E-state index in [2.05, 4.69) is 258 Å². The van der Waals surface area contributed by atoms with Crippen molar-refractivity contribution in [2.75, 3.05) is 9.80 Å². The third-order valence-corrected chi connectivity index (χ3v) is 21.0. The molecule has 0 N–H and O–H groups in total. The van der Waals surface area contributed by atoms with Crippen molar-refractivity contribution in [1.29, 1.82) is 0 Å². The Morgan fingerprint density at radius 1 is 0.244 bits per heavy atom. The number of benzene rings is 12. The number of rotatable bonds is 6. The second-order valence-corrected chi connectivity index (χ2v) is 27.6. The van der Waals surface area contributed by atoms with Gasteiger partial charge in [-0.25, -0.2) is 0 Å². The van der Waals surface area contributed by atoms with Gasteiger partial charge in [-0.2, -0.15) is 0 Å². The molecule has 0 aliphatic rings. The molecule has 0 unspecified atom stereocenters. The number of nitrogens with zero attached hydrogens (tertiary/aromatic N) is 2. The van der Waals surface area contributed by atoms with E-state index in [1.807, 2.05) is 45.3 Å². The highest BCUT2D eigenvalue weighted by Gasteiger charge is 2.30. The second kappa shape index (κ2) is 16.8. The summed E-state index contributed by atoms with van der Waals surface area (Å²) in [6, 6.07) is 79.1. The molecule has 12 aromatic carbocycles. The fourth-order valence-electron chi connectivity index (χ4n) is 12.8. The lowest BCUT2D eigenvalue weighted by Gasteiger charge is -2.34. The molecule has 374 valence electrons. The first-order valence-electron chi connectivity index (χ1n) is 27.0. The first-order valence-corrected chi connectivity index (χ1v) is 30.2. The number of hydrogen-bond acceptors (Lipinski definition) is 6. The molecular weight excluding hydrogens is 1020 g/mol. The van der Waals surface area contributed by atoms with Crippen LogP contribution < -0.4 is 9.80 Å². The van der Waals surface area contributed by atoms with Crippen molar-refractivity contribution in [2.45, 2.75) is 52.4 Å². The van der Waals surface area contributed by atoms with E-state index in [0.29, 0.717) is 0 Å². The van der Waals surface area contributed by atoms with Crippen molar-refractivity contribution in [2.24, 2.45) is 0 Å². The Bertz CT molecular complexity index is 4600. The number of anilines is 6. The lowest BCUT2D eigenvalue weighted by Crippen LogP contribution is -2.17. The van der Waals surface area contributed by atoms with Crippen LogP contribution in [0.4, 0.5) is 34.1 Å². The van der Waals surface area contributed by atoms with Gasteiger partial charge in [0.25, 0.3) is 0 Å². The normalized spacial score (nSPS) is 12.7. The van der Waals surface area contributed by atoms with Gasteiger partial charge in [0.1, 0.15) is 0 Å². The topological polar surface area (TPSA) is 6.48 Å². The van der Waals surface area contributed by atoms with Gasteiger partial charge in [-0.3, -0.25) is 0 Å². The molecule has 16 rings (SSSR count). The molecule has 4 aromatic heterocycles. The van der Waals surface area contributed by atoms with Gasteiger partial charge >= 0.3 is 0 Å². The first-order chi connectivity index (χ1) is 37.9. The Labute approximate surface area is 468 Å². The molecule has 0 aliphatic heterocycles. The minimum atomic E-state index is -0.192. The number of thiophene rings is 4. The van der Waals surface area contributed by atoms with Gasteiger partial charge in [-0.05, 0) is 153 Å². The summed E-state index contributed by atoms with van der Waals surface area (Å²) in [5.41, 5.74) is 9.24. The van der Waals surface area contributed by atoms with Crippen LogP contribution in [0.5, 0.6) is 0 Å². The van der Waals surface area contributed by atoms with Crippen LogP contribution in [0.1, 0.15) is 52.7 Å². The summed E-state index contributed by atoms with van der Waals surface area (Å²) in [5, 5.41) is 18.1. The zero-order valence-corrected chi connectivity index (χ0v) is 47.4. The zero-order valence-electron chi connectivity index (χ0n) is 44.2.